The standard InChI is InChI=1S/C11H15N.2C2H6/c1-11(7-8-11)9-5-3-4-6-10(9)12-2;2*1-2/h3-6,12H,7-8H2,1-2H3;2*1-2H3. The molecule has 1 saturated carbocycles. The van der Waals surface area contributed by atoms with Crippen LogP contribution in [0.4, 0.5) is 5.69 Å². The molecule has 0 radical (unpaired) electrons. The third kappa shape index (κ3) is 3.55. The van der Waals surface area contributed by atoms with Crippen molar-refractivity contribution in [1.29, 1.82) is 0 Å². The quantitative estimate of drug-likeness (QED) is 0.754. The lowest BCUT2D eigenvalue weighted by Gasteiger charge is -2.13. The molecule has 0 heterocycles. The Morgan fingerprint density at radius 3 is 1.94 bits per heavy atom. The molecule has 1 aliphatic carbocycles. The van der Waals surface area contributed by atoms with Crippen LogP contribution in [-0.2, 0) is 5.41 Å². The molecule has 92 valence electrons. The van der Waals surface area contributed by atoms with Crippen LogP contribution in [0.25, 0.3) is 0 Å². The van der Waals surface area contributed by atoms with Gasteiger partial charge in [0.25, 0.3) is 0 Å². The zero-order valence-electron chi connectivity index (χ0n) is 11.7. The molecule has 1 aliphatic rings. The van der Waals surface area contributed by atoms with E-state index in [4.69, 9.17) is 0 Å². The van der Waals surface area contributed by atoms with Crippen LogP contribution >= 0.6 is 0 Å². The first-order chi connectivity index (χ1) is 7.76. The van der Waals surface area contributed by atoms with Gasteiger partial charge >= 0.3 is 0 Å². The monoisotopic (exact) mass is 221 g/mol. The third-order valence-electron chi connectivity index (χ3n) is 2.85. The zero-order valence-corrected chi connectivity index (χ0v) is 11.7. The molecule has 16 heavy (non-hydrogen) atoms. The molecule has 1 heteroatoms. The number of rotatable bonds is 2. The highest BCUT2D eigenvalue weighted by molar-refractivity contribution is 5.55. The fourth-order valence-electron chi connectivity index (χ4n) is 1.68. The SMILES string of the molecule is CC.CC.CNc1ccccc1C1(C)CC1. The summed E-state index contributed by atoms with van der Waals surface area (Å²) in [4.78, 5) is 0. The summed E-state index contributed by atoms with van der Waals surface area (Å²) in [5.41, 5.74) is 3.24. The zero-order chi connectivity index (χ0) is 12.6. The summed E-state index contributed by atoms with van der Waals surface area (Å²) in [6.45, 7) is 10.3. The van der Waals surface area contributed by atoms with E-state index in [1.165, 1.54) is 24.1 Å². The molecule has 0 amide bonds. The van der Waals surface area contributed by atoms with Crippen molar-refractivity contribution in [3.8, 4) is 0 Å². The predicted molar refractivity (Wildman–Crippen MR) is 75.3 cm³/mol. The maximum atomic E-state index is 3.24. The Bertz CT molecular complexity index is 287. The lowest BCUT2D eigenvalue weighted by Crippen LogP contribution is -2.04. The lowest BCUT2D eigenvalue weighted by atomic mass is 9.96. The van der Waals surface area contributed by atoms with Gasteiger partial charge in [0.15, 0.2) is 0 Å². The van der Waals surface area contributed by atoms with Gasteiger partial charge in [-0.1, -0.05) is 52.8 Å². The van der Waals surface area contributed by atoms with Crippen molar-refractivity contribution < 1.29 is 0 Å². The number of anilines is 1. The van der Waals surface area contributed by atoms with Crippen LogP contribution in [0.3, 0.4) is 0 Å². The van der Waals surface area contributed by atoms with Gasteiger partial charge in [-0.2, -0.15) is 0 Å². The summed E-state index contributed by atoms with van der Waals surface area (Å²) in [5.74, 6) is 0. The Hall–Kier alpha value is -0.980. The molecule has 2 rings (SSSR count). The molecular weight excluding hydrogens is 194 g/mol. The van der Waals surface area contributed by atoms with Gasteiger partial charge in [0.05, 0.1) is 0 Å². The number of benzene rings is 1. The molecule has 1 aromatic rings. The topological polar surface area (TPSA) is 12.0 Å². The molecule has 0 aliphatic heterocycles. The molecule has 1 fully saturated rings. The van der Waals surface area contributed by atoms with Crippen LogP contribution in [0.1, 0.15) is 53.0 Å². The van der Waals surface area contributed by atoms with Crippen molar-refractivity contribution in [2.24, 2.45) is 0 Å². The second-order valence-corrected chi connectivity index (χ2v) is 3.86. The van der Waals surface area contributed by atoms with Gasteiger partial charge in [0, 0.05) is 12.7 Å². The molecule has 0 bridgehead atoms. The summed E-state index contributed by atoms with van der Waals surface area (Å²) in [7, 11) is 1.99. The average molecular weight is 221 g/mol. The average Bonchev–Trinajstić information content (AvgIpc) is 3.13. The summed E-state index contributed by atoms with van der Waals surface area (Å²) >= 11 is 0. The Kier molecular flexibility index (Phi) is 6.87. The number of hydrogen-bond donors (Lipinski definition) is 1. The highest BCUT2D eigenvalue weighted by atomic mass is 14.8. The van der Waals surface area contributed by atoms with Gasteiger partial charge in [0.1, 0.15) is 0 Å². The Balaban J connectivity index is 0.000000509. The maximum Gasteiger partial charge on any atom is 0.0375 e. The molecule has 0 saturated heterocycles. The molecular formula is C15H27N. The van der Waals surface area contributed by atoms with Crippen molar-refractivity contribution in [3.63, 3.8) is 0 Å². The minimum atomic E-state index is 0.472. The van der Waals surface area contributed by atoms with Crippen LogP contribution in [0, 0.1) is 0 Å². The Morgan fingerprint density at radius 2 is 1.50 bits per heavy atom. The molecule has 1 aromatic carbocycles. The molecule has 0 spiro atoms. The van der Waals surface area contributed by atoms with E-state index in [1.807, 2.05) is 34.7 Å². The van der Waals surface area contributed by atoms with E-state index >= 15 is 0 Å². The fraction of sp³-hybridized carbons (Fsp3) is 0.600. The van der Waals surface area contributed by atoms with E-state index in [9.17, 15) is 0 Å². The normalized spacial score (nSPS) is 14.9. The summed E-state index contributed by atoms with van der Waals surface area (Å²) in [6.07, 6.45) is 2.68. The van der Waals surface area contributed by atoms with Crippen molar-refractivity contribution in [2.45, 2.75) is 52.9 Å². The Morgan fingerprint density at radius 1 is 1.00 bits per heavy atom. The third-order valence-corrected chi connectivity index (χ3v) is 2.85. The van der Waals surface area contributed by atoms with E-state index in [0.717, 1.165) is 0 Å². The van der Waals surface area contributed by atoms with Gasteiger partial charge in [0.2, 0.25) is 0 Å². The summed E-state index contributed by atoms with van der Waals surface area (Å²) < 4.78 is 0. The van der Waals surface area contributed by atoms with Crippen molar-refractivity contribution in [2.75, 3.05) is 12.4 Å². The van der Waals surface area contributed by atoms with E-state index in [2.05, 4.69) is 36.5 Å². The minimum Gasteiger partial charge on any atom is -0.388 e. The largest absolute Gasteiger partial charge is 0.388 e. The second-order valence-electron chi connectivity index (χ2n) is 3.86. The first kappa shape index (κ1) is 15.0. The van der Waals surface area contributed by atoms with Crippen molar-refractivity contribution in [1.82, 2.24) is 0 Å². The molecule has 1 N–H and O–H groups in total. The first-order valence-corrected chi connectivity index (χ1v) is 6.53. The Labute approximate surface area is 101 Å². The predicted octanol–water partition coefficient (Wildman–Crippen LogP) is 4.83. The molecule has 0 atom stereocenters. The minimum absolute atomic E-state index is 0.472. The molecule has 0 aromatic heterocycles. The number of para-hydroxylation sites is 1. The highest BCUT2D eigenvalue weighted by Gasteiger charge is 2.40. The fourth-order valence-corrected chi connectivity index (χ4v) is 1.68. The van der Waals surface area contributed by atoms with Crippen LogP contribution in [0.2, 0.25) is 0 Å². The van der Waals surface area contributed by atoms with Crippen molar-refractivity contribution in [3.05, 3.63) is 29.8 Å². The smallest absolute Gasteiger partial charge is 0.0375 e. The molecule has 0 unspecified atom stereocenters. The van der Waals surface area contributed by atoms with Gasteiger partial charge < -0.3 is 5.32 Å². The number of hydrogen-bond acceptors (Lipinski definition) is 1. The van der Waals surface area contributed by atoms with Gasteiger partial charge in [-0.15, -0.1) is 0 Å². The van der Waals surface area contributed by atoms with Crippen LogP contribution in [-0.4, -0.2) is 7.05 Å². The van der Waals surface area contributed by atoms with Crippen LogP contribution < -0.4 is 5.32 Å². The second kappa shape index (κ2) is 7.32. The maximum absolute atomic E-state index is 3.24. The van der Waals surface area contributed by atoms with Gasteiger partial charge in [-0.3, -0.25) is 0 Å². The van der Waals surface area contributed by atoms with Gasteiger partial charge in [-0.05, 0) is 29.9 Å². The van der Waals surface area contributed by atoms with Crippen molar-refractivity contribution >= 4 is 5.69 Å². The van der Waals surface area contributed by atoms with Crippen LogP contribution in [0.5, 0.6) is 0 Å². The van der Waals surface area contributed by atoms with E-state index in [1.54, 1.807) is 0 Å². The first-order valence-electron chi connectivity index (χ1n) is 6.53. The highest BCUT2D eigenvalue weighted by Crippen LogP contribution is 2.49. The van der Waals surface area contributed by atoms with E-state index in [0.29, 0.717) is 5.41 Å². The lowest BCUT2D eigenvalue weighted by molar-refractivity contribution is 0.790. The summed E-state index contributed by atoms with van der Waals surface area (Å²) in [6, 6.07) is 8.60. The van der Waals surface area contributed by atoms with Crippen LogP contribution in [0.15, 0.2) is 24.3 Å². The van der Waals surface area contributed by atoms with Gasteiger partial charge in [-0.25, -0.2) is 0 Å². The number of nitrogens with one attached hydrogen (secondary N) is 1. The van der Waals surface area contributed by atoms with E-state index < -0.39 is 0 Å². The molecule has 1 nitrogen and oxygen atoms in total. The summed E-state index contributed by atoms with van der Waals surface area (Å²) in [5, 5.41) is 3.24. The van der Waals surface area contributed by atoms with E-state index in [-0.39, 0.29) is 0 Å².